The smallest absolute Gasteiger partial charge is 0.0912 e. The van der Waals surface area contributed by atoms with Crippen molar-refractivity contribution in [2.45, 2.75) is 32.4 Å². The molecule has 0 radical (unpaired) electrons. The van der Waals surface area contributed by atoms with Crippen molar-refractivity contribution in [2.24, 2.45) is 0 Å². The second-order valence-corrected chi connectivity index (χ2v) is 3.33. The molecule has 0 saturated heterocycles. The average Bonchev–Trinajstić information content (AvgIpc) is 2.65. The van der Waals surface area contributed by atoms with Gasteiger partial charge in [0.15, 0.2) is 0 Å². The molecule has 0 aliphatic heterocycles. The summed E-state index contributed by atoms with van der Waals surface area (Å²) in [4.78, 5) is 0. The van der Waals surface area contributed by atoms with Crippen molar-refractivity contribution in [1.29, 1.82) is 0 Å². The first-order valence-corrected chi connectivity index (χ1v) is 5.07. The van der Waals surface area contributed by atoms with Crippen LogP contribution in [0.15, 0.2) is 12.4 Å². The van der Waals surface area contributed by atoms with E-state index in [1.165, 1.54) is 5.56 Å². The van der Waals surface area contributed by atoms with Crippen molar-refractivity contribution in [3.8, 4) is 0 Å². The van der Waals surface area contributed by atoms with E-state index in [2.05, 4.69) is 17.3 Å². The first-order valence-electron chi connectivity index (χ1n) is 5.07. The number of nitrogens with zero attached hydrogens (tertiary/aromatic N) is 2. The van der Waals surface area contributed by atoms with Gasteiger partial charge in [0.05, 0.1) is 12.9 Å². The Bertz CT molecular complexity index is 256. The minimum atomic E-state index is -0.279. The summed E-state index contributed by atoms with van der Waals surface area (Å²) in [6.07, 6.45) is 5.41. The minimum Gasteiger partial charge on any atom is -0.313 e. The van der Waals surface area contributed by atoms with E-state index >= 15 is 0 Å². The van der Waals surface area contributed by atoms with Crippen molar-refractivity contribution in [1.82, 2.24) is 15.1 Å². The molecule has 3 nitrogen and oxygen atoms in total. The van der Waals surface area contributed by atoms with E-state index in [9.17, 15) is 4.39 Å². The summed E-state index contributed by atoms with van der Waals surface area (Å²) in [6.45, 7) is 2.51. The predicted molar refractivity (Wildman–Crippen MR) is 54.9 cm³/mol. The van der Waals surface area contributed by atoms with Crippen molar-refractivity contribution >= 4 is 0 Å². The third-order valence-electron chi connectivity index (χ3n) is 2.33. The zero-order valence-electron chi connectivity index (χ0n) is 8.83. The highest BCUT2D eigenvalue weighted by molar-refractivity contribution is 5.09. The number of rotatable bonds is 6. The van der Waals surface area contributed by atoms with Crippen molar-refractivity contribution in [2.75, 3.05) is 13.7 Å². The molecule has 0 aliphatic carbocycles. The van der Waals surface area contributed by atoms with Crippen LogP contribution in [0.25, 0.3) is 0 Å². The number of alkyl halides is 1. The second-order valence-electron chi connectivity index (χ2n) is 3.33. The van der Waals surface area contributed by atoms with E-state index in [0.29, 0.717) is 19.0 Å². The summed E-state index contributed by atoms with van der Waals surface area (Å²) in [5, 5.41) is 7.39. The van der Waals surface area contributed by atoms with Gasteiger partial charge < -0.3 is 5.32 Å². The lowest BCUT2D eigenvalue weighted by Gasteiger charge is -2.10. The van der Waals surface area contributed by atoms with E-state index in [1.807, 2.05) is 19.4 Å². The molecular formula is C10H18FN3. The Balaban J connectivity index is 2.57. The summed E-state index contributed by atoms with van der Waals surface area (Å²) in [5.41, 5.74) is 1.17. The van der Waals surface area contributed by atoms with Crippen LogP contribution in [0.4, 0.5) is 4.39 Å². The standard InChI is InChI=1S/C10H18FN3/c1-3-10(12-2)9-7-13-14(8-9)6-4-5-11/h7-8,10,12H,3-6H2,1-2H3. The van der Waals surface area contributed by atoms with Gasteiger partial charge in [0.1, 0.15) is 0 Å². The largest absolute Gasteiger partial charge is 0.313 e. The van der Waals surface area contributed by atoms with E-state index in [1.54, 1.807) is 4.68 Å². The summed E-state index contributed by atoms with van der Waals surface area (Å²) in [5.74, 6) is 0. The number of hydrogen-bond acceptors (Lipinski definition) is 2. The fourth-order valence-corrected chi connectivity index (χ4v) is 1.51. The molecule has 14 heavy (non-hydrogen) atoms. The van der Waals surface area contributed by atoms with Crippen LogP contribution in [-0.2, 0) is 6.54 Å². The van der Waals surface area contributed by atoms with Gasteiger partial charge in [0.2, 0.25) is 0 Å². The number of halogens is 1. The molecule has 0 spiro atoms. The average molecular weight is 199 g/mol. The lowest BCUT2D eigenvalue weighted by Crippen LogP contribution is -2.14. The lowest BCUT2D eigenvalue weighted by molar-refractivity contribution is 0.434. The molecule has 1 heterocycles. The zero-order valence-corrected chi connectivity index (χ0v) is 8.83. The fraction of sp³-hybridized carbons (Fsp3) is 0.700. The highest BCUT2D eigenvalue weighted by Gasteiger charge is 2.08. The number of nitrogens with one attached hydrogen (secondary N) is 1. The van der Waals surface area contributed by atoms with E-state index in [4.69, 9.17) is 0 Å². The third kappa shape index (κ3) is 2.80. The van der Waals surface area contributed by atoms with Crippen LogP contribution in [0.3, 0.4) is 0 Å². The number of aromatic nitrogens is 2. The van der Waals surface area contributed by atoms with Crippen molar-refractivity contribution < 1.29 is 4.39 Å². The van der Waals surface area contributed by atoms with E-state index < -0.39 is 0 Å². The van der Waals surface area contributed by atoms with Crippen LogP contribution >= 0.6 is 0 Å². The van der Waals surface area contributed by atoms with E-state index in [0.717, 1.165) is 6.42 Å². The molecule has 1 N–H and O–H groups in total. The van der Waals surface area contributed by atoms with Gasteiger partial charge in [-0.25, -0.2) is 0 Å². The Morgan fingerprint density at radius 2 is 2.43 bits per heavy atom. The quantitative estimate of drug-likeness (QED) is 0.758. The molecule has 1 aromatic rings. The molecule has 0 aliphatic rings. The first kappa shape index (κ1) is 11.2. The predicted octanol–water partition coefficient (Wildman–Crippen LogP) is 1.91. The Morgan fingerprint density at radius 3 is 3.00 bits per heavy atom. The maximum Gasteiger partial charge on any atom is 0.0912 e. The van der Waals surface area contributed by atoms with Gasteiger partial charge in [-0.05, 0) is 19.9 Å². The summed E-state index contributed by atoms with van der Waals surface area (Å²) < 4.78 is 13.7. The topological polar surface area (TPSA) is 29.9 Å². The minimum absolute atomic E-state index is 0.279. The summed E-state index contributed by atoms with van der Waals surface area (Å²) >= 11 is 0. The highest BCUT2D eigenvalue weighted by atomic mass is 19.1. The van der Waals surface area contributed by atoms with Gasteiger partial charge in [-0.15, -0.1) is 0 Å². The van der Waals surface area contributed by atoms with Gasteiger partial charge in [0, 0.05) is 24.3 Å². The van der Waals surface area contributed by atoms with Crippen LogP contribution < -0.4 is 5.32 Å². The molecule has 0 aromatic carbocycles. The first-order chi connectivity index (χ1) is 6.81. The normalized spacial score (nSPS) is 13.1. The SMILES string of the molecule is CCC(NC)c1cnn(CCCF)c1. The second kappa shape index (κ2) is 5.75. The van der Waals surface area contributed by atoms with Crippen LogP contribution in [0, 0.1) is 0 Å². The van der Waals surface area contributed by atoms with Crippen LogP contribution in [0.2, 0.25) is 0 Å². The number of hydrogen-bond donors (Lipinski definition) is 1. The lowest BCUT2D eigenvalue weighted by atomic mass is 10.1. The Kier molecular flexibility index (Phi) is 4.59. The van der Waals surface area contributed by atoms with Crippen molar-refractivity contribution in [3.05, 3.63) is 18.0 Å². The highest BCUT2D eigenvalue weighted by Crippen LogP contribution is 2.14. The van der Waals surface area contributed by atoms with Gasteiger partial charge in [0.25, 0.3) is 0 Å². The monoisotopic (exact) mass is 199 g/mol. The zero-order chi connectivity index (χ0) is 10.4. The fourth-order valence-electron chi connectivity index (χ4n) is 1.51. The van der Waals surface area contributed by atoms with Gasteiger partial charge in [-0.2, -0.15) is 5.10 Å². The molecular weight excluding hydrogens is 181 g/mol. The van der Waals surface area contributed by atoms with E-state index in [-0.39, 0.29) is 6.67 Å². The molecule has 4 heteroatoms. The molecule has 1 aromatic heterocycles. The molecule has 0 bridgehead atoms. The number of aryl methyl sites for hydroxylation is 1. The summed E-state index contributed by atoms with van der Waals surface area (Å²) in [6, 6.07) is 0.356. The maximum absolute atomic E-state index is 11.9. The molecule has 0 amide bonds. The Labute approximate surface area is 84.3 Å². The van der Waals surface area contributed by atoms with Gasteiger partial charge in [-0.3, -0.25) is 9.07 Å². The molecule has 0 fully saturated rings. The molecule has 1 rings (SSSR count). The van der Waals surface area contributed by atoms with Crippen LogP contribution in [-0.4, -0.2) is 23.5 Å². The van der Waals surface area contributed by atoms with Gasteiger partial charge in [-0.1, -0.05) is 6.92 Å². The van der Waals surface area contributed by atoms with Crippen LogP contribution in [0.5, 0.6) is 0 Å². The van der Waals surface area contributed by atoms with Crippen LogP contribution in [0.1, 0.15) is 31.4 Å². The van der Waals surface area contributed by atoms with Gasteiger partial charge >= 0.3 is 0 Å². The molecule has 1 atom stereocenters. The molecule has 80 valence electrons. The molecule has 0 saturated carbocycles. The summed E-state index contributed by atoms with van der Waals surface area (Å²) in [7, 11) is 1.94. The Morgan fingerprint density at radius 1 is 1.64 bits per heavy atom. The maximum atomic E-state index is 11.9. The third-order valence-corrected chi connectivity index (χ3v) is 2.33. The van der Waals surface area contributed by atoms with Crippen molar-refractivity contribution in [3.63, 3.8) is 0 Å². The Hall–Kier alpha value is -0.900. The molecule has 1 unspecified atom stereocenters.